The van der Waals surface area contributed by atoms with Crippen LogP contribution in [0.15, 0.2) is 47.4 Å². The normalized spacial score (nSPS) is 20.8. The summed E-state index contributed by atoms with van der Waals surface area (Å²) in [7, 11) is -2.53. The Labute approximate surface area is 246 Å². The fourth-order valence-corrected chi connectivity index (χ4v) is 6.15. The highest BCUT2D eigenvalue weighted by molar-refractivity contribution is 7.89. The third-order valence-corrected chi connectivity index (χ3v) is 9.50. The van der Waals surface area contributed by atoms with Crippen LogP contribution in [0, 0.1) is 11.7 Å². The largest absolute Gasteiger partial charge is 0.488 e. The molecule has 2 amide bonds. The molecule has 13 heteroatoms. The predicted octanol–water partition coefficient (Wildman–Crippen LogP) is 2.03. The molecule has 2 aromatic carbocycles. The molecule has 0 radical (unpaired) electrons. The first-order chi connectivity index (χ1) is 20.0. The quantitative estimate of drug-likeness (QED) is 0.421. The van der Waals surface area contributed by atoms with Gasteiger partial charge in [0.15, 0.2) is 0 Å². The van der Waals surface area contributed by atoms with Crippen LogP contribution in [-0.2, 0) is 19.6 Å². The molecule has 4 rings (SSSR count). The molecule has 3 atom stereocenters. The lowest BCUT2D eigenvalue weighted by Gasteiger charge is -2.38. The minimum Gasteiger partial charge on any atom is -0.488 e. The van der Waals surface area contributed by atoms with Crippen LogP contribution in [0.2, 0.25) is 0 Å². The first-order valence-electron chi connectivity index (χ1n) is 14.0. The molecule has 2 aliphatic rings. The second-order valence-electron chi connectivity index (χ2n) is 10.8. The molecular weight excluding hydrogens is 567 g/mol. The van der Waals surface area contributed by atoms with Gasteiger partial charge in [0.25, 0.3) is 5.91 Å². The molecule has 0 spiro atoms. The van der Waals surface area contributed by atoms with Crippen molar-refractivity contribution in [1.82, 2.24) is 14.1 Å². The number of fused-ring (bicyclic) bond motifs is 1. The predicted molar refractivity (Wildman–Crippen MR) is 154 cm³/mol. The van der Waals surface area contributed by atoms with Crippen LogP contribution in [0.1, 0.15) is 30.6 Å². The van der Waals surface area contributed by atoms with E-state index in [9.17, 15) is 27.5 Å². The number of likely N-dealkylation sites (N-methyl/N-ethyl adjacent to an activating group) is 1. The van der Waals surface area contributed by atoms with Crippen molar-refractivity contribution in [1.29, 1.82) is 0 Å². The Balaban J connectivity index is 1.55. The van der Waals surface area contributed by atoms with Crippen LogP contribution >= 0.6 is 0 Å². The van der Waals surface area contributed by atoms with Crippen molar-refractivity contribution in [3.8, 4) is 5.75 Å². The lowest BCUT2D eigenvalue weighted by atomic mass is 9.99. The van der Waals surface area contributed by atoms with Gasteiger partial charge in [-0.05, 0) is 49.4 Å². The first-order valence-corrected chi connectivity index (χ1v) is 15.5. The number of aliphatic hydroxyl groups excluding tert-OH is 1. The molecule has 230 valence electrons. The first kappa shape index (κ1) is 31.8. The van der Waals surface area contributed by atoms with E-state index in [1.54, 1.807) is 25.1 Å². The van der Waals surface area contributed by atoms with Crippen molar-refractivity contribution in [3.05, 3.63) is 53.8 Å². The van der Waals surface area contributed by atoms with Crippen LogP contribution in [0.5, 0.6) is 5.75 Å². The summed E-state index contributed by atoms with van der Waals surface area (Å²) < 4.78 is 52.6. The van der Waals surface area contributed by atoms with Gasteiger partial charge in [0.2, 0.25) is 15.9 Å². The number of amides is 2. The summed E-state index contributed by atoms with van der Waals surface area (Å²) in [6, 6.07) is 8.85. The van der Waals surface area contributed by atoms with E-state index in [0.29, 0.717) is 25.4 Å². The smallest absolute Gasteiger partial charge is 0.258 e. The second-order valence-corrected chi connectivity index (χ2v) is 12.9. The van der Waals surface area contributed by atoms with E-state index in [2.05, 4.69) is 10.2 Å². The van der Waals surface area contributed by atoms with Crippen molar-refractivity contribution in [2.24, 2.45) is 5.92 Å². The van der Waals surface area contributed by atoms with E-state index in [-0.39, 0.29) is 60.1 Å². The Morgan fingerprint density at radius 2 is 1.88 bits per heavy atom. The number of nitrogens with one attached hydrogen (secondary N) is 1. The van der Waals surface area contributed by atoms with Gasteiger partial charge in [-0.3, -0.25) is 14.5 Å². The molecule has 0 aromatic heterocycles. The third-order valence-electron chi connectivity index (χ3n) is 7.67. The number of anilines is 1. The number of sulfonamides is 1. The zero-order valence-electron chi connectivity index (χ0n) is 24.2. The molecular formula is C29H39FN4O7S. The number of rotatable bonds is 10. The van der Waals surface area contributed by atoms with E-state index in [1.807, 2.05) is 6.92 Å². The van der Waals surface area contributed by atoms with Gasteiger partial charge in [-0.1, -0.05) is 6.92 Å². The summed E-state index contributed by atoms with van der Waals surface area (Å²) in [6.07, 6.45) is -0.386. The van der Waals surface area contributed by atoms with Gasteiger partial charge in [-0.15, -0.1) is 0 Å². The molecule has 2 aromatic rings. The molecule has 11 nitrogen and oxygen atoms in total. The Kier molecular flexibility index (Phi) is 10.5. The lowest BCUT2D eigenvalue weighted by molar-refractivity contribution is -0.116. The number of carbonyl (C=O) groups is 2. The number of morpholine rings is 1. The fourth-order valence-electron chi connectivity index (χ4n) is 4.96. The molecule has 0 saturated carbocycles. The highest BCUT2D eigenvalue weighted by atomic mass is 32.2. The van der Waals surface area contributed by atoms with Crippen LogP contribution in [-0.4, -0.2) is 111 Å². The molecule has 1 fully saturated rings. The molecule has 2 N–H and O–H groups in total. The zero-order valence-corrected chi connectivity index (χ0v) is 25.0. The minimum absolute atomic E-state index is 0.0458. The summed E-state index contributed by atoms with van der Waals surface area (Å²) in [4.78, 5) is 30.0. The number of benzene rings is 2. The number of nitrogens with zero attached hydrogens (tertiary/aromatic N) is 3. The molecule has 42 heavy (non-hydrogen) atoms. The van der Waals surface area contributed by atoms with E-state index in [4.69, 9.17) is 9.47 Å². The standard InChI is InChI=1S/C29H39FN4O7S/c1-20-17-34(21(2)19-35)29(37)25-16-23(31-28(36)10-11-33-12-14-40-15-13-33)6-9-26(25)41-27(20)18-32(3)42(38,39)24-7-4-22(30)5-8-24/h4-9,16,20-21,27,35H,10-15,17-19H2,1-3H3,(H,31,36)/t20-,21-,27+/m1/s1. The van der Waals surface area contributed by atoms with Gasteiger partial charge < -0.3 is 24.8 Å². The average Bonchev–Trinajstić information content (AvgIpc) is 2.98. The molecule has 1 saturated heterocycles. The number of ether oxygens (including phenoxy) is 2. The fraction of sp³-hybridized carbons (Fsp3) is 0.517. The molecule has 2 heterocycles. The second kappa shape index (κ2) is 13.9. The van der Waals surface area contributed by atoms with Gasteiger partial charge in [0.1, 0.15) is 17.7 Å². The van der Waals surface area contributed by atoms with Gasteiger partial charge in [-0.25, -0.2) is 12.8 Å². The molecule has 0 bridgehead atoms. The number of aliphatic hydroxyl groups is 1. The van der Waals surface area contributed by atoms with E-state index < -0.39 is 28.0 Å². The Bertz CT molecular complexity index is 1350. The average molecular weight is 607 g/mol. The van der Waals surface area contributed by atoms with Crippen LogP contribution in [0.4, 0.5) is 10.1 Å². The topological polar surface area (TPSA) is 129 Å². The number of hydrogen-bond donors (Lipinski definition) is 2. The Morgan fingerprint density at radius 3 is 2.55 bits per heavy atom. The maximum Gasteiger partial charge on any atom is 0.258 e. The van der Waals surface area contributed by atoms with Gasteiger partial charge in [-0.2, -0.15) is 4.31 Å². The van der Waals surface area contributed by atoms with E-state index >= 15 is 0 Å². The summed E-state index contributed by atoms with van der Waals surface area (Å²) in [5, 5.41) is 12.8. The summed E-state index contributed by atoms with van der Waals surface area (Å²) in [5.41, 5.74) is 0.623. The maximum absolute atomic E-state index is 13.7. The lowest BCUT2D eigenvalue weighted by Crippen LogP contribution is -2.50. The van der Waals surface area contributed by atoms with Crippen LogP contribution < -0.4 is 10.1 Å². The van der Waals surface area contributed by atoms with Crippen molar-refractivity contribution < 1.29 is 37.0 Å². The zero-order chi connectivity index (χ0) is 30.4. The van der Waals surface area contributed by atoms with E-state index in [1.165, 1.54) is 24.1 Å². The van der Waals surface area contributed by atoms with Crippen molar-refractivity contribution in [3.63, 3.8) is 0 Å². The summed E-state index contributed by atoms with van der Waals surface area (Å²) >= 11 is 0. The number of carbonyl (C=O) groups excluding carboxylic acids is 2. The Hall–Kier alpha value is -3.10. The monoisotopic (exact) mass is 606 g/mol. The minimum atomic E-state index is -3.95. The van der Waals surface area contributed by atoms with E-state index in [0.717, 1.165) is 29.5 Å². The molecule has 2 aliphatic heterocycles. The highest BCUT2D eigenvalue weighted by Gasteiger charge is 2.35. The van der Waals surface area contributed by atoms with Crippen LogP contribution in [0.25, 0.3) is 0 Å². The van der Waals surface area contributed by atoms with Crippen LogP contribution in [0.3, 0.4) is 0 Å². The molecule has 0 unspecified atom stereocenters. The van der Waals surface area contributed by atoms with Crippen molar-refractivity contribution >= 4 is 27.5 Å². The number of hydrogen-bond acceptors (Lipinski definition) is 8. The summed E-state index contributed by atoms with van der Waals surface area (Å²) in [6.45, 7) is 6.89. The highest BCUT2D eigenvalue weighted by Crippen LogP contribution is 2.31. The molecule has 0 aliphatic carbocycles. The Morgan fingerprint density at radius 1 is 1.19 bits per heavy atom. The number of halogens is 1. The van der Waals surface area contributed by atoms with Gasteiger partial charge >= 0.3 is 0 Å². The van der Waals surface area contributed by atoms with Crippen molar-refractivity contribution in [2.75, 3.05) is 64.9 Å². The van der Waals surface area contributed by atoms with Gasteiger partial charge in [0, 0.05) is 51.3 Å². The maximum atomic E-state index is 13.7. The van der Waals surface area contributed by atoms with Crippen molar-refractivity contribution in [2.45, 2.75) is 37.3 Å². The third kappa shape index (κ3) is 7.64. The van der Waals surface area contributed by atoms with Gasteiger partial charge in [0.05, 0.1) is 42.9 Å². The summed E-state index contributed by atoms with van der Waals surface area (Å²) in [5.74, 6) is -1.18. The SMILES string of the molecule is C[C@@H]1CN([C@H](C)CO)C(=O)c2cc(NC(=O)CCN3CCOCC3)ccc2O[C@H]1CN(C)S(=O)(=O)c1ccc(F)cc1.